The molecular formula is C11H11NO4. The fraction of sp³-hybridized carbons (Fsp3) is 0.182. The number of methoxy groups -OCH3 is 1. The Hall–Kier alpha value is -2.17. The highest BCUT2D eigenvalue weighted by atomic mass is 16.5. The molecule has 1 aliphatic rings. The van der Waals surface area contributed by atoms with E-state index in [1.165, 1.54) is 7.11 Å². The van der Waals surface area contributed by atoms with Gasteiger partial charge in [0.25, 0.3) is 0 Å². The first-order chi connectivity index (χ1) is 7.65. The maximum Gasteiger partial charge on any atom is 0.247 e. The molecule has 5 heteroatoms. The topological polar surface area (TPSA) is 81.8 Å². The fourth-order valence-electron chi connectivity index (χ4n) is 1.57. The molecule has 0 saturated heterocycles. The van der Waals surface area contributed by atoms with Gasteiger partial charge in [0.2, 0.25) is 17.4 Å². The SMILES string of the molecule is COc1ccccc1[C@@H]1OC(N)=C(O)C1=O. The van der Waals surface area contributed by atoms with E-state index < -0.39 is 17.6 Å². The molecule has 1 aromatic carbocycles. The van der Waals surface area contributed by atoms with Crippen LogP contribution in [-0.2, 0) is 9.53 Å². The Morgan fingerprint density at radius 3 is 2.69 bits per heavy atom. The van der Waals surface area contributed by atoms with Crippen molar-refractivity contribution in [1.82, 2.24) is 0 Å². The molecule has 16 heavy (non-hydrogen) atoms. The normalized spacial score (nSPS) is 19.8. The van der Waals surface area contributed by atoms with Crippen LogP contribution in [0.4, 0.5) is 0 Å². The van der Waals surface area contributed by atoms with Gasteiger partial charge < -0.3 is 20.3 Å². The van der Waals surface area contributed by atoms with E-state index in [-0.39, 0.29) is 5.88 Å². The second-order valence-corrected chi connectivity index (χ2v) is 3.32. The Morgan fingerprint density at radius 1 is 1.44 bits per heavy atom. The first-order valence-corrected chi connectivity index (χ1v) is 4.67. The Kier molecular flexibility index (Phi) is 2.44. The van der Waals surface area contributed by atoms with Gasteiger partial charge in [0.15, 0.2) is 6.10 Å². The average molecular weight is 221 g/mol. The summed E-state index contributed by atoms with van der Waals surface area (Å²) in [5.74, 6) is -0.817. The maximum atomic E-state index is 11.6. The fourth-order valence-corrected chi connectivity index (χ4v) is 1.57. The van der Waals surface area contributed by atoms with Crippen LogP contribution in [0.15, 0.2) is 35.9 Å². The minimum Gasteiger partial charge on any atom is -0.501 e. The number of nitrogens with two attached hydrogens (primary N) is 1. The van der Waals surface area contributed by atoms with Crippen LogP contribution in [0.5, 0.6) is 5.75 Å². The van der Waals surface area contributed by atoms with E-state index in [1.54, 1.807) is 24.3 Å². The molecule has 0 amide bonds. The van der Waals surface area contributed by atoms with E-state index >= 15 is 0 Å². The van der Waals surface area contributed by atoms with Crippen molar-refractivity contribution in [3.05, 3.63) is 41.5 Å². The Labute approximate surface area is 92.1 Å². The van der Waals surface area contributed by atoms with Crippen LogP contribution in [0.2, 0.25) is 0 Å². The predicted octanol–water partition coefficient (Wildman–Crippen LogP) is 1.02. The van der Waals surface area contributed by atoms with Gasteiger partial charge in [0, 0.05) is 5.56 Å². The second-order valence-electron chi connectivity index (χ2n) is 3.32. The van der Waals surface area contributed by atoms with E-state index in [2.05, 4.69) is 0 Å². The number of hydrogen-bond acceptors (Lipinski definition) is 5. The largest absolute Gasteiger partial charge is 0.501 e. The van der Waals surface area contributed by atoms with Crippen molar-refractivity contribution in [2.45, 2.75) is 6.10 Å². The van der Waals surface area contributed by atoms with Crippen LogP contribution >= 0.6 is 0 Å². The van der Waals surface area contributed by atoms with Crippen LogP contribution in [0.25, 0.3) is 0 Å². The summed E-state index contributed by atoms with van der Waals surface area (Å²) in [6.07, 6.45) is -0.920. The first-order valence-electron chi connectivity index (χ1n) is 4.67. The van der Waals surface area contributed by atoms with Crippen molar-refractivity contribution in [3.8, 4) is 5.75 Å². The van der Waals surface area contributed by atoms with E-state index in [0.29, 0.717) is 11.3 Å². The quantitative estimate of drug-likeness (QED) is 0.779. The lowest BCUT2D eigenvalue weighted by molar-refractivity contribution is -0.123. The van der Waals surface area contributed by atoms with Gasteiger partial charge in [-0.3, -0.25) is 4.79 Å². The zero-order valence-electron chi connectivity index (χ0n) is 8.64. The highest BCUT2D eigenvalue weighted by molar-refractivity contribution is 5.99. The van der Waals surface area contributed by atoms with Crippen molar-refractivity contribution in [2.75, 3.05) is 7.11 Å². The minimum atomic E-state index is -0.920. The number of ether oxygens (including phenoxy) is 2. The Morgan fingerprint density at radius 2 is 2.12 bits per heavy atom. The number of hydrogen-bond donors (Lipinski definition) is 2. The molecular weight excluding hydrogens is 210 g/mol. The monoisotopic (exact) mass is 221 g/mol. The van der Waals surface area contributed by atoms with Gasteiger partial charge in [0.1, 0.15) is 5.75 Å². The Bertz CT molecular complexity index is 467. The lowest BCUT2D eigenvalue weighted by atomic mass is 10.0. The first kappa shape index (κ1) is 10.4. The van der Waals surface area contributed by atoms with Gasteiger partial charge in [0.05, 0.1) is 7.11 Å². The molecule has 1 aliphatic heterocycles. The summed E-state index contributed by atoms with van der Waals surface area (Å²) < 4.78 is 10.2. The number of aliphatic hydroxyl groups is 1. The molecule has 3 N–H and O–H groups in total. The highest BCUT2D eigenvalue weighted by Gasteiger charge is 2.36. The van der Waals surface area contributed by atoms with Crippen molar-refractivity contribution >= 4 is 5.78 Å². The van der Waals surface area contributed by atoms with E-state index in [9.17, 15) is 9.90 Å². The molecule has 0 saturated carbocycles. The predicted molar refractivity (Wildman–Crippen MR) is 55.7 cm³/mol. The molecule has 1 atom stereocenters. The third-order valence-electron chi connectivity index (χ3n) is 2.37. The number of rotatable bonds is 2. The van der Waals surface area contributed by atoms with Gasteiger partial charge in [-0.15, -0.1) is 0 Å². The smallest absolute Gasteiger partial charge is 0.247 e. The lowest BCUT2D eigenvalue weighted by Gasteiger charge is -2.13. The summed E-state index contributed by atoms with van der Waals surface area (Å²) in [4.78, 5) is 11.6. The minimum absolute atomic E-state index is 0.249. The molecule has 1 heterocycles. The molecule has 0 aromatic heterocycles. The van der Waals surface area contributed by atoms with Crippen LogP contribution < -0.4 is 10.5 Å². The zero-order valence-corrected chi connectivity index (χ0v) is 8.64. The van der Waals surface area contributed by atoms with E-state index in [4.69, 9.17) is 15.2 Å². The molecule has 0 unspecified atom stereocenters. The lowest BCUT2D eigenvalue weighted by Crippen LogP contribution is -2.11. The summed E-state index contributed by atoms with van der Waals surface area (Å²) in [5.41, 5.74) is 5.88. The number of ketones is 1. The molecule has 0 spiro atoms. The summed E-state index contributed by atoms with van der Waals surface area (Å²) in [5, 5.41) is 9.30. The third-order valence-corrected chi connectivity index (χ3v) is 2.37. The van der Waals surface area contributed by atoms with Gasteiger partial charge in [-0.25, -0.2) is 0 Å². The van der Waals surface area contributed by atoms with Crippen molar-refractivity contribution in [1.29, 1.82) is 0 Å². The summed E-state index contributed by atoms with van der Waals surface area (Å²) in [6, 6.07) is 6.92. The molecule has 1 aromatic rings. The van der Waals surface area contributed by atoms with Gasteiger partial charge in [-0.1, -0.05) is 18.2 Å². The molecule has 84 valence electrons. The van der Waals surface area contributed by atoms with Crippen molar-refractivity contribution < 1.29 is 19.4 Å². The van der Waals surface area contributed by atoms with Crippen LogP contribution in [0, 0.1) is 0 Å². The van der Waals surface area contributed by atoms with Crippen LogP contribution in [-0.4, -0.2) is 18.0 Å². The number of aliphatic hydroxyl groups excluding tert-OH is 1. The van der Waals surface area contributed by atoms with Gasteiger partial charge in [-0.05, 0) is 6.07 Å². The second kappa shape index (κ2) is 3.77. The molecule has 0 bridgehead atoms. The van der Waals surface area contributed by atoms with Crippen LogP contribution in [0.1, 0.15) is 11.7 Å². The molecule has 5 nitrogen and oxygen atoms in total. The van der Waals surface area contributed by atoms with Crippen molar-refractivity contribution in [3.63, 3.8) is 0 Å². The van der Waals surface area contributed by atoms with Gasteiger partial charge in [-0.2, -0.15) is 0 Å². The van der Waals surface area contributed by atoms with E-state index in [0.717, 1.165) is 0 Å². The summed E-state index contributed by atoms with van der Waals surface area (Å²) in [7, 11) is 1.49. The number of para-hydroxylation sites is 1. The summed E-state index contributed by atoms with van der Waals surface area (Å²) >= 11 is 0. The third kappa shape index (κ3) is 1.46. The number of benzene rings is 1. The number of Topliss-reactive ketones (excluding diaryl/α,β-unsaturated/α-hetero) is 1. The van der Waals surface area contributed by atoms with E-state index in [1.807, 2.05) is 0 Å². The average Bonchev–Trinajstić information content (AvgIpc) is 2.57. The Balaban J connectivity index is 2.38. The molecule has 2 rings (SSSR count). The highest BCUT2D eigenvalue weighted by Crippen LogP contribution is 2.34. The van der Waals surface area contributed by atoms with Crippen LogP contribution in [0.3, 0.4) is 0 Å². The standard InChI is InChI=1S/C11H11NO4/c1-15-7-5-3-2-4-6(7)10-8(13)9(14)11(12)16-10/h2-5,10,14H,12H2,1H3/t10-/m0/s1. The maximum absolute atomic E-state index is 11.6. The number of carbonyl (C=O) groups is 1. The summed E-state index contributed by atoms with van der Waals surface area (Å²) in [6.45, 7) is 0. The van der Waals surface area contributed by atoms with Crippen molar-refractivity contribution in [2.24, 2.45) is 5.73 Å². The zero-order chi connectivity index (χ0) is 11.7. The molecule has 0 aliphatic carbocycles. The molecule has 0 radical (unpaired) electrons. The van der Waals surface area contributed by atoms with Gasteiger partial charge >= 0.3 is 0 Å². The molecule has 0 fully saturated rings. The number of carbonyl (C=O) groups excluding carboxylic acids is 1.